The van der Waals surface area contributed by atoms with Crippen LogP contribution in [0.2, 0.25) is 0 Å². The molecule has 0 fully saturated rings. The number of aryl methyl sites for hydroxylation is 1. The molecule has 1 aromatic rings. The Morgan fingerprint density at radius 2 is 2.00 bits per heavy atom. The minimum absolute atomic E-state index is 0.0231. The normalized spacial score (nSPS) is 10.8. The number of hydrogen-bond donors (Lipinski definition) is 1. The van der Waals surface area contributed by atoms with Gasteiger partial charge in [-0.1, -0.05) is 0 Å². The van der Waals surface area contributed by atoms with Gasteiger partial charge >= 0.3 is 6.09 Å². The van der Waals surface area contributed by atoms with E-state index in [1.807, 2.05) is 32.4 Å². The highest BCUT2D eigenvalue weighted by atomic mass is 16.5. The van der Waals surface area contributed by atoms with Gasteiger partial charge in [0.1, 0.15) is 0 Å². The molecule has 19 heavy (non-hydrogen) atoms. The smallest absolute Gasteiger partial charge is 0.404 e. The van der Waals surface area contributed by atoms with Gasteiger partial charge in [-0.25, -0.2) is 4.79 Å². The van der Waals surface area contributed by atoms with Crippen molar-refractivity contribution >= 4 is 11.9 Å². The van der Waals surface area contributed by atoms with Gasteiger partial charge in [0.15, 0.2) is 5.78 Å². The fourth-order valence-corrected chi connectivity index (χ4v) is 2.10. The van der Waals surface area contributed by atoms with Gasteiger partial charge < -0.3 is 10.5 Å². The highest BCUT2D eigenvalue weighted by Gasteiger charge is 2.19. The molecule has 1 amide bonds. The molecule has 0 atom stereocenters. The number of amides is 1. The molecule has 1 rings (SSSR count). The summed E-state index contributed by atoms with van der Waals surface area (Å²) in [5.41, 5.74) is 7.15. The van der Waals surface area contributed by atoms with Gasteiger partial charge in [-0.2, -0.15) is 5.10 Å². The predicted molar refractivity (Wildman–Crippen MR) is 71.2 cm³/mol. The van der Waals surface area contributed by atoms with E-state index in [1.165, 1.54) is 0 Å². The van der Waals surface area contributed by atoms with Crippen LogP contribution >= 0.6 is 0 Å². The number of nitrogens with two attached hydrogens (primary N) is 1. The topological polar surface area (TPSA) is 87.2 Å². The molecule has 0 spiro atoms. The summed E-state index contributed by atoms with van der Waals surface area (Å²) in [6.45, 7) is 7.94. The van der Waals surface area contributed by atoms with Crippen molar-refractivity contribution in [2.75, 3.05) is 6.61 Å². The van der Waals surface area contributed by atoms with Gasteiger partial charge in [-0.15, -0.1) is 0 Å². The fourth-order valence-electron chi connectivity index (χ4n) is 2.10. The van der Waals surface area contributed by atoms with Crippen molar-refractivity contribution in [2.24, 2.45) is 5.73 Å². The van der Waals surface area contributed by atoms with Gasteiger partial charge in [-0.3, -0.25) is 9.48 Å². The van der Waals surface area contributed by atoms with Crippen LogP contribution in [0.15, 0.2) is 0 Å². The van der Waals surface area contributed by atoms with E-state index in [0.29, 0.717) is 18.4 Å². The fraction of sp³-hybridized carbons (Fsp3) is 0.615. The zero-order valence-corrected chi connectivity index (χ0v) is 11.9. The maximum atomic E-state index is 12.1. The molecule has 0 saturated carbocycles. The number of nitrogens with zero attached hydrogens (tertiary/aromatic N) is 2. The molecule has 0 aliphatic carbocycles. The molecular weight excluding hydrogens is 246 g/mol. The summed E-state index contributed by atoms with van der Waals surface area (Å²) in [6, 6.07) is 0.221. The van der Waals surface area contributed by atoms with Gasteiger partial charge in [0.25, 0.3) is 0 Å². The zero-order chi connectivity index (χ0) is 14.6. The Kier molecular flexibility index (Phi) is 5.09. The maximum Gasteiger partial charge on any atom is 0.404 e. The van der Waals surface area contributed by atoms with Crippen molar-refractivity contribution in [3.05, 3.63) is 17.0 Å². The molecule has 0 bridgehead atoms. The number of carbonyl (C=O) groups is 2. The molecule has 0 aliphatic heterocycles. The van der Waals surface area contributed by atoms with Crippen LogP contribution in [0.1, 0.15) is 54.5 Å². The van der Waals surface area contributed by atoms with E-state index in [2.05, 4.69) is 9.84 Å². The van der Waals surface area contributed by atoms with Crippen LogP contribution in [0.3, 0.4) is 0 Å². The minimum atomic E-state index is -0.813. The summed E-state index contributed by atoms with van der Waals surface area (Å²) in [5.74, 6) is 0.0231. The van der Waals surface area contributed by atoms with E-state index in [9.17, 15) is 9.59 Å². The number of ether oxygens (including phenoxy) is 1. The lowest BCUT2D eigenvalue weighted by atomic mass is 10.0. The average molecular weight is 267 g/mol. The van der Waals surface area contributed by atoms with E-state index in [-0.39, 0.29) is 18.4 Å². The first-order valence-electron chi connectivity index (χ1n) is 6.35. The number of ketones is 1. The van der Waals surface area contributed by atoms with Crippen molar-refractivity contribution < 1.29 is 14.3 Å². The Labute approximate surface area is 112 Å². The number of carbonyl (C=O) groups excluding carboxylic acids is 2. The third kappa shape index (κ3) is 3.81. The van der Waals surface area contributed by atoms with E-state index in [4.69, 9.17) is 5.73 Å². The zero-order valence-electron chi connectivity index (χ0n) is 11.9. The summed E-state index contributed by atoms with van der Waals surface area (Å²) in [4.78, 5) is 22.5. The standard InChI is InChI=1S/C13H21N3O3/c1-8(2)16-10(4)12(9(3)15-16)11(17)6-5-7-19-13(14)18/h8H,5-7H2,1-4H3,(H2,14,18). The molecule has 0 aliphatic rings. The molecular formula is C13H21N3O3. The van der Waals surface area contributed by atoms with Crippen LogP contribution in [0.4, 0.5) is 4.79 Å². The first-order chi connectivity index (χ1) is 8.84. The number of Topliss-reactive ketones (excluding diaryl/α,β-unsaturated/α-hetero) is 1. The Bertz CT molecular complexity index is 478. The molecule has 0 radical (unpaired) electrons. The number of hydrogen-bond acceptors (Lipinski definition) is 4. The summed E-state index contributed by atoms with van der Waals surface area (Å²) in [7, 11) is 0. The third-order valence-electron chi connectivity index (χ3n) is 2.89. The van der Waals surface area contributed by atoms with Crippen molar-refractivity contribution in [3.8, 4) is 0 Å². The monoisotopic (exact) mass is 267 g/mol. The lowest BCUT2D eigenvalue weighted by Gasteiger charge is -2.08. The molecule has 106 valence electrons. The van der Waals surface area contributed by atoms with Gasteiger partial charge in [0, 0.05) is 18.2 Å². The van der Waals surface area contributed by atoms with Crippen LogP contribution in [0, 0.1) is 13.8 Å². The predicted octanol–water partition coefficient (Wildman–Crippen LogP) is 2.14. The molecule has 1 heterocycles. The van der Waals surface area contributed by atoms with Gasteiger partial charge in [-0.05, 0) is 34.1 Å². The SMILES string of the molecule is Cc1nn(C(C)C)c(C)c1C(=O)CCCOC(N)=O. The second kappa shape index (κ2) is 6.36. The third-order valence-corrected chi connectivity index (χ3v) is 2.89. The molecule has 0 aromatic carbocycles. The second-order valence-electron chi connectivity index (χ2n) is 4.78. The molecule has 6 heteroatoms. The average Bonchev–Trinajstić information content (AvgIpc) is 2.60. The summed E-state index contributed by atoms with van der Waals surface area (Å²) in [5, 5.41) is 4.38. The number of primary amides is 1. The maximum absolute atomic E-state index is 12.1. The van der Waals surface area contributed by atoms with E-state index in [0.717, 1.165) is 11.4 Å². The summed E-state index contributed by atoms with van der Waals surface area (Å²) < 4.78 is 6.45. The van der Waals surface area contributed by atoms with E-state index in [1.54, 1.807) is 0 Å². The van der Waals surface area contributed by atoms with Crippen LogP contribution in [-0.4, -0.2) is 28.3 Å². The van der Waals surface area contributed by atoms with Crippen LogP contribution < -0.4 is 5.73 Å². The van der Waals surface area contributed by atoms with Crippen molar-refractivity contribution in [2.45, 2.75) is 46.6 Å². The van der Waals surface area contributed by atoms with Gasteiger partial charge in [0.05, 0.1) is 17.9 Å². The Hall–Kier alpha value is -1.85. The molecule has 0 unspecified atom stereocenters. The molecule has 6 nitrogen and oxygen atoms in total. The van der Waals surface area contributed by atoms with Gasteiger partial charge in [0.2, 0.25) is 0 Å². The highest BCUT2D eigenvalue weighted by Crippen LogP contribution is 2.19. The minimum Gasteiger partial charge on any atom is -0.450 e. The van der Waals surface area contributed by atoms with Crippen LogP contribution in [0.5, 0.6) is 0 Å². The molecule has 0 saturated heterocycles. The van der Waals surface area contributed by atoms with E-state index >= 15 is 0 Å². The first kappa shape index (κ1) is 15.2. The Morgan fingerprint density at radius 1 is 1.37 bits per heavy atom. The summed E-state index contributed by atoms with van der Waals surface area (Å²) in [6.07, 6.45) is -0.0286. The largest absolute Gasteiger partial charge is 0.450 e. The lowest BCUT2D eigenvalue weighted by molar-refractivity contribution is 0.0961. The molecule has 2 N–H and O–H groups in total. The van der Waals surface area contributed by atoms with Crippen molar-refractivity contribution in [1.29, 1.82) is 0 Å². The Morgan fingerprint density at radius 3 is 2.47 bits per heavy atom. The Balaban J connectivity index is 2.69. The highest BCUT2D eigenvalue weighted by molar-refractivity contribution is 5.98. The summed E-state index contributed by atoms with van der Waals surface area (Å²) >= 11 is 0. The van der Waals surface area contributed by atoms with Crippen molar-refractivity contribution in [3.63, 3.8) is 0 Å². The van der Waals surface area contributed by atoms with E-state index < -0.39 is 6.09 Å². The first-order valence-corrected chi connectivity index (χ1v) is 6.35. The second-order valence-corrected chi connectivity index (χ2v) is 4.78. The van der Waals surface area contributed by atoms with Crippen molar-refractivity contribution in [1.82, 2.24) is 9.78 Å². The number of rotatable bonds is 6. The van der Waals surface area contributed by atoms with Crippen LogP contribution in [0.25, 0.3) is 0 Å². The lowest BCUT2D eigenvalue weighted by Crippen LogP contribution is -2.14. The quantitative estimate of drug-likeness (QED) is 0.632. The van der Waals surface area contributed by atoms with Crippen LogP contribution in [-0.2, 0) is 4.74 Å². The molecule has 1 aromatic heterocycles. The number of aromatic nitrogens is 2.